The standard InChI is InChI=1S/C21H23NO4/c1-4-26-19(23)18-15(2)22(3)21(25,17-13-9-6-10-14-17)20(18,24)16-11-7-5-8-12-16/h5-14,24-25H,4H2,1-3H3. The van der Waals surface area contributed by atoms with E-state index in [1.54, 1.807) is 69.4 Å². The van der Waals surface area contributed by atoms with Crippen LogP contribution in [0.15, 0.2) is 71.9 Å². The number of hydrogen-bond acceptors (Lipinski definition) is 5. The Bertz CT molecular complexity index is 834. The number of allylic oxidation sites excluding steroid dienone is 1. The molecule has 2 N–H and O–H groups in total. The Balaban J connectivity index is 2.31. The van der Waals surface area contributed by atoms with Crippen LogP contribution in [0, 0.1) is 0 Å². The molecule has 1 aliphatic heterocycles. The summed E-state index contributed by atoms with van der Waals surface area (Å²) in [4.78, 5) is 14.3. The van der Waals surface area contributed by atoms with E-state index in [0.717, 1.165) is 0 Å². The van der Waals surface area contributed by atoms with Crippen molar-refractivity contribution in [3.05, 3.63) is 83.1 Å². The zero-order chi connectivity index (χ0) is 18.9. The fourth-order valence-corrected chi connectivity index (χ4v) is 3.69. The molecule has 0 spiro atoms. The summed E-state index contributed by atoms with van der Waals surface area (Å²) in [5.74, 6) is -0.643. The maximum absolute atomic E-state index is 12.7. The number of hydrogen-bond donors (Lipinski definition) is 2. The van der Waals surface area contributed by atoms with Crippen LogP contribution in [0.2, 0.25) is 0 Å². The van der Waals surface area contributed by atoms with Gasteiger partial charge in [0.2, 0.25) is 5.72 Å². The first-order valence-corrected chi connectivity index (χ1v) is 8.57. The van der Waals surface area contributed by atoms with Crippen molar-refractivity contribution in [1.82, 2.24) is 4.90 Å². The summed E-state index contributed by atoms with van der Waals surface area (Å²) in [6.45, 7) is 3.58. The van der Waals surface area contributed by atoms with E-state index in [1.807, 2.05) is 12.1 Å². The molecule has 2 unspecified atom stereocenters. The summed E-state index contributed by atoms with van der Waals surface area (Å²) in [5, 5.41) is 23.7. The van der Waals surface area contributed by atoms with Gasteiger partial charge in [-0.2, -0.15) is 0 Å². The van der Waals surface area contributed by atoms with Gasteiger partial charge in [0.05, 0.1) is 12.2 Å². The van der Waals surface area contributed by atoms with Crippen LogP contribution in [-0.4, -0.2) is 34.7 Å². The van der Waals surface area contributed by atoms with Crippen LogP contribution in [0.25, 0.3) is 0 Å². The molecule has 0 aromatic heterocycles. The molecule has 0 aliphatic carbocycles. The summed E-state index contributed by atoms with van der Waals surface area (Å²) in [7, 11) is 1.66. The van der Waals surface area contributed by atoms with Gasteiger partial charge in [0.15, 0.2) is 5.60 Å². The van der Waals surface area contributed by atoms with E-state index in [0.29, 0.717) is 16.8 Å². The molecule has 0 radical (unpaired) electrons. The first kappa shape index (κ1) is 18.2. The third-order valence-electron chi connectivity index (χ3n) is 5.06. The van der Waals surface area contributed by atoms with Crippen LogP contribution in [0.4, 0.5) is 0 Å². The molecule has 136 valence electrons. The number of carbonyl (C=O) groups excluding carboxylic acids is 1. The molecule has 1 aliphatic rings. The van der Waals surface area contributed by atoms with Crippen LogP contribution >= 0.6 is 0 Å². The lowest BCUT2D eigenvalue weighted by atomic mass is 9.76. The highest BCUT2D eigenvalue weighted by atomic mass is 16.5. The second-order valence-electron chi connectivity index (χ2n) is 6.35. The number of likely N-dealkylation sites (N-methyl/N-ethyl adjacent to an activating group) is 1. The van der Waals surface area contributed by atoms with Gasteiger partial charge in [-0.15, -0.1) is 0 Å². The van der Waals surface area contributed by atoms with E-state index in [2.05, 4.69) is 0 Å². The van der Waals surface area contributed by atoms with E-state index in [1.165, 1.54) is 4.90 Å². The molecule has 0 fully saturated rings. The minimum atomic E-state index is -1.99. The monoisotopic (exact) mass is 353 g/mol. The second kappa shape index (κ2) is 6.59. The van der Waals surface area contributed by atoms with Crippen LogP contribution in [-0.2, 0) is 20.9 Å². The number of esters is 1. The van der Waals surface area contributed by atoms with E-state index >= 15 is 0 Å². The Kier molecular flexibility index (Phi) is 4.61. The Labute approximate surface area is 153 Å². The molecule has 0 saturated carbocycles. The van der Waals surface area contributed by atoms with Gasteiger partial charge >= 0.3 is 5.97 Å². The lowest BCUT2D eigenvalue weighted by molar-refractivity contribution is -0.200. The van der Waals surface area contributed by atoms with Crippen LogP contribution < -0.4 is 0 Å². The molecule has 5 heteroatoms. The fraction of sp³-hybridized carbons (Fsp3) is 0.286. The van der Waals surface area contributed by atoms with E-state index in [4.69, 9.17) is 4.74 Å². The van der Waals surface area contributed by atoms with Gasteiger partial charge in [-0.1, -0.05) is 60.7 Å². The average Bonchev–Trinajstić information content (AvgIpc) is 2.83. The normalized spacial score (nSPS) is 25.5. The number of nitrogens with zero attached hydrogens (tertiary/aromatic N) is 1. The number of rotatable bonds is 4. The van der Waals surface area contributed by atoms with Gasteiger partial charge in [-0.05, 0) is 19.4 Å². The van der Waals surface area contributed by atoms with Crippen molar-refractivity contribution in [3.63, 3.8) is 0 Å². The predicted octanol–water partition coefficient (Wildman–Crippen LogP) is 2.50. The summed E-state index contributed by atoms with van der Waals surface area (Å²) >= 11 is 0. The Morgan fingerprint density at radius 2 is 1.50 bits per heavy atom. The van der Waals surface area contributed by atoms with Gasteiger partial charge in [0.25, 0.3) is 0 Å². The highest BCUT2D eigenvalue weighted by molar-refractivity contribution is 5.93. The third kappa shape index (κ3) is 2.35. The molecule has 0 bridgehead atoms. The minimum Gasteiger partial charge on any atom is -0.462 e. The van der Waals surface area contributed by atoms with Gasteiger partial charge in [-0.3, -0.25) is 0 Å². The van der Waals surface area contributed by atoms with E-state index in [-0.39, 0.29) is 12.2 Å². The van der Waals surface area contributed by atoms with Crippen LogP contribution in [0.3, 0.4) is 0 Å². The lowest BCUT2D eigenvalue weighted by Gasteiger charge is -2.44. The zero-order valence-corrected chi connectivity index (χ0v) is 15.1. The highest BCUT2D eigenvalue weighted by Gasteiger charge is 2.64. The molecular weight excluding hydrogens is 330 g/mol. The fourth-order valence-electron chi connectivity index (χ4n) is 3.69. The van der Waals surface area contributed by atoms with E-state index < -0.39 is 17.3 Å². The van der Waals surface area contributed by atoms with Crippen molar-refractivity contribution in [2.24, 2.45) is 0 Å². The molecule has 26 heavy (non-hydrogen) atoms. The van der Waals surface area contributed by atoms with Crippen molar-refractivity contribution in [3.8, 4) is 0 Å². The number of benzene rings is 2. The Hall–Kier alpha value is -2.63. The zero-order valence-electron chi connectivity index (χ0n) is 15.1. The maximum atomic E-state index is 12.7. The predicted molar refractivity (Wildman–Crippen MR) is 97.8 cm³/mol. The molecule has 3 rings (SSSR count). The average molecular weight is 353 g/mol. The smallest absolute Gasteiger partial charge is 0.339 e. The van der Waals surface area contributed by atoms with E-state index in [9.17, 15) is 15.0 Å². The molecular formula is C21H23NO4. The van der Waals surface area contributed by atoms with Gasteiger partial charge in [-0.25, -0.2) is 4.79 Å². The Morgan fingerprint density at radius 3 is 2.00 bits per heavy atom. The summed E-state index contributed by atoms with van der Waals surface area (Å²) < 4.78 is 5.20. The molecule has 2 aromatic rings. The van der Waals surface area contributed by atoms with Crippen molar-refractivity contribution < 1.29 is 19.7 Å². The first-order chi connectivity index (χ1) is 12.4. The molecule has 0 amide bonds. The topological polar surface area (TPSA) is 70.0 Å². The van der Waals surface area contributed by atoms with Crippen molar-refractivity contribution in [2.75, 3.05) is 13.7 Å². The summed E-state index contributed by atoms with van der Waals surface area (Å²) in [6.07, 6.45) is 0. The lowest BCUT2D eigenvalue weighted by Crippen LogP contribution is -2.55. The number of aliphatic hydroxyl groups is 2. The SMILES string of the molecule is CCOC(=O)C1=C(C)N(C)C(O)(c2ccccc2)C1(O)c1ccccc1. The third-order valence-corrected chi connectivity index (χ3v) is 5.06. The second-order valence-corrected chi connectivity index (χ2v) is 6.35. The Morgan fingerprint density at radius 1 is 1.00 bits per heavy atom. The maximum Gasteiger partial charge on any atom is 0.339 e. The molecule has 1 heterocycles. The van der Waals surface area contributed by atoms with Crippen molar-refractivity contribution in [1.29, 1.82) is 0 Å². The van der Waals surface area contributed by atoms with Crippen molar-refractivity contribution in [2.45, 2.75) is 25.2 Å². The molecule has 2 atom stereocenters. The molecule has 2 aromatic carbocycles. The highest BCUT2D eigenvalue weighted by Crippen LogP contribution is 2.54. The number of carbonyl (C=O) groups is 1. The minimum absolute atomic E-state index is 0.0411. The number of ether oxygens (including phenoxy) is 1. The van der Waals surface area contributed by atoms with Gasteiger partial charge in [0, 0.05) is 18.3 Å². The first-order valence-electron chi connectivity index (χ1n) is 8.57. The van der Waals surface area contributed by atoms with Crippen LogP contribution in [0.5, 0.6) is 0 Å². The summed E-state index contributed by atoms with van der Waals surface area (Å²) in [5.41, 5.74) is -2.45. The van der Waals surface area contributed by atoms with Gasteiger partial charge in [0.1, 0.15) is 0 Å². The molecule has 5 nitrogen and oxygen atoms in total. The van der Waals surface area contributed by atoms with Gasteiger partial charge < -0.3 is 19.8 Å². The molecule has 0 saturated heterocycles. The van der Waals surface area contributed by atoms with Crippen LogP contribution in [0.1, 0.15) is 25.0 Å². The quantitative estimate of drug-likeness (QED) is 0.827. The van der Waals surface area contributed by atoms with Crippen molar-refractivity contribution >= 4 is 5.97 Å². The summed E-state index contributed by atoms with van der Waals surface area (Å²) in [6, 6.07) is 17.6. The largest absolute Gasteiger partial charge is 0.462 e.